The lowest BCUT2D eigenvalue weighted by Gasteiger charge is -2.22. The molecule has 0 fully saturated rings. The van der Waals surface area contributed by atoms with Crippen LogP contribution in [0.5, 0.6) is 0 Å². The number of aliphatic hydroxyl groups is 1. The summed E-state index contributed by atoms with van der Waals surface area (Å²) in [5.41, 5.74) is 0. The van der Waals surface area contributed by atoms with Gasteiger partial charge < -0.3 is 19.5 Å². The SMILES string of the molecule is C/C=C/CCCC(CCCCCCCC)C(=O)OCCCCCCCCCCCCN(CCCCO)CCCCCCCCCCCCOC(=O)C(CCCCCC)CCCCCCCC. The van der Waals surface area contributed by atoms with Crippen LogP contribution in [0.3, 0.4) is 0 Å². The van der Waals surface area contributed by atoms with E-state index in [1.807, 2.05) is 0 Å². The summed E-state index contributed by atoms with van der Waals surface area (Å²) >= 11 is 0. The van der Waals surface area contributed by atoms with Gasteiger partial charge in [0, 0.05) is 6.61 Å². The first-order chi connectivity index (χ1) is 32.5. The average Bonchev–Trinajstić information content (AvgIpc) is 3.32. The van der Waals surface area contributed by atoms with Gasteiger partial charge in [0.25, 0.3) is 0 Å². The molecule has 6 heteroatoms. The summed E-state index contributed by atoms with van der Waals surface area (Å²) < 4.78 is 11.6. The lowest BCUT2D eigenvalue weighted by Crippen LogP contribution is -2.27. The van der Waals surface area contributed by atoms with Crippen molar-refractivity contribution in [2.45, 2.75) is 310 Å². The molecule has 0 aliphatic rings. The maximum atomic E-state index is 12.9. The molecule has 2 atom stereocenters. The number of hydrogen-bond acceptors (Lipinski definition) is 6. The van der Waals surface area contributed by atoms with Gasteiger partial charge in [-0.3, -0.25) is 9.59 Å². The van der Waals surface area contributed by atoms with E-state index in [1.54, 1.807) is 0 Å². The minimum Gasteiger partial charge on any atom is -0.465 e. The van der Waals surface area contributed by atoms with Crippen molar-refractivity contribution in [3.8, 4) is 0 Å². The van der Waals surface area contributed by atoms with Gasteiger partial charge in [0.2, 0.25) is 0 Å². The molecular weight excluding hydrogens is 815 g/mol. The van der Waals surface area contributed by atoms with E-state index in [0.717, 1.165) is 77.2 Å². The van der Waals surface area contributed by atoms with Crippen molar-refractivity contribution < 1.29 is 24.2 Å². The number of carbonyl (C=O) groups excluding carboxylic acids is 2. The fraction of sp³-hybridized carbons (Fsp3) is 0.933. The second-order valence-electron chi connectivity index (χ2n) is 20.5. The van der Waals surface area contributed by atoms with E-state index in [9.17, 15) is 14.7 Å². The largest absolute Gasteiger partial charge is 0.465 e. The lowest BCUT2D eigenvalue weighted by molar-refractivity contribution is -0.150. The Balaban J connectivity index is 3.97. The number of unbranched alkanes of at least 4 members (excludes halogenated alkanes) is 33. The molecule has 6 nitrogen and oxygen atoms in total. The van der Waals surface area contributed by atoms with Gasteiger partial charge in [-0.15, -0.1) is 0 Å². The minimum absolute atomic E-state index is 0.0599. The Morgan fingerprint density at radius 2 is 0.682 bits per heavy atom. The molecular formula is C60H117NO5. The number of rotatable bonds is 55. The molecule has 0 bridgehead atoms. The highest BCUT2D eigenvalue weighted by molar-refractivity contribution is 5.72. The maximum Gasteiger partial charge on any atom is 0.308 e. The molecule has 0 aromatic carbocycles. The molecule has 0 amide bonds. The van der Waals surface area contributed by atoms with Crippen LogP contribution in [0.1, 0.15) is 310 Å². The molecule has 0 aromatic heterocycles. The van der Waals surface area contributed by atoms with Crippen molar-refractivity contribution in [1.29, 1.82) is 0 Å². The highest BCUT2D eigenvalue weighted by Crippen LogP contribution is 2.23. The Morgan fingerprint density at radius 1 is 0.394 bits per heavy atom. The fourth-order valence-electron chi connectivity index (χ4n) is 9.64. The number of ether oxygens (including phenoxy) is 2. The van der Waals surface area contributed by atoms with Crippen molar-refractivity contribution in [2.24, 2.45) is 11.8 Å². The molecule has 0 saturated heterocycles. The Morgan fingerprint density at radius 3 is 1.03 bits per heavy atom. The third-order valence-corrected chi connectivity index (χ3v) is 14.2. The van der Waals surface area contributed by atoms with Gasteiger partial charge in [0.1, 0.15) is 0 Å². The maximum absolute atomic E-state index is 12.9. The highest BCUT2D eigenvalue weighted by atomic mass is 16.5. The second kappa shape index (κ2) is 54.5. The van der Waals surface area contributed by atoms with Crippen LogP contribution in [0, 0.1) is 11.8 Å². The van der Waals surface area contributed by atoms with Crippen LogP contribution in [-0.4, -0.2) is 61.4 Å². The van der Waals surface area contributed by atoms with Gasteiger partial charge in [0.15, 0.2) is 0 Å². The zero-order valence-electron chi connectivity index (χ0n) is 45.2. The first-order valence-electron chi connectivity index (χ1n) is 29.8. The predicted molar refractivity (Wildman–Crippen MR) is 287 cm³/mol. The number of nitrogens with zero attached hydrogens (tertiary/aromatic N) is 1. The topological polar surface area (TPSA) is 76.1 Å². The van der Waals surface area contributed by atoms with Gasteiger partial charge in [-0.1, -0.05) is 238 Å². The quantitative estimate of drug-likeness (QED) is 0.0372. The Hall–Kier alpha value is -1.40. The van der Waals surface area contributed by atoms with Crippen molar-refractivity contribution in [2.75, 3.05) is 39.5 Å². The van der Waals surface area contributed by atoms with Crippen molar-refractivity contribution in [3.63, 3.8) is 0 Å². The monoisotopic (exact) mass is 932 g/mol. The van der Waals surface area contributed by atoms with Crippen LogP contribution < -0.4 is 0 Å². The summed E-state index contributed by atoms with van der Waals surface area (Å²) in [7, 11) is 0. The van der Waals surface area contributed by atoms with Gasteiger partial charge in [-0.05, 0) is 104 Å². The van der Waals surface area contributed by atoms with Gasteiger partial charge in [-0.2, -0.15) is 0 Å². The van der Waals surface area contributed by atoms with E-state index >= 15 is 0 Å². The van der Waals surface area contributed by atoms with Gasteiger partial charge in [0.05, 0.1) is 25.0 Å². The summed E-state index contributed by atoms with van der Waals surface area (Å²) in [6, 6.07) is 0. The van der Waals surface area contributed by atoms with Crippen LogP contribution in [0.15, 0.2) is 12.2 Å². The fourth-order valence-corrected chi connectivity index (χ4v) is 9.64. The van der Waals surface area contributed by atoms with E-state index in [4.69, 9.17) is 9.47 Å². The van der Waals surface area contributed by atoms with Crippen molar-refractivity contribution in [1.82, 2.24) is 4.90 Å². The summed E-state index contributed by atoms with van der Waals surface area (Å²) in [4.78, 5) is 28.5. The molecule has 0 heterocycles. The molecule has 2 unspecified atom stereocenters. The zero-order valence-corrected chi connectivity index (χ0v) is 45.2. The molecule has 66 heavy (non-hydrogen) atoms. The summed E-state index contributed by atoms with van der Waals surface area (Å²) in [6.45, 7) is 13.9. The summed E-state index contributed by atoms with van der Waals surface area (Å²) in [6.07, 6.45) is 58.3. The molecule has 0 spiro atoms. The van der Waals surface area contributed by atoms with E-state index in [0.29, 0.717) is 19.8 Å². The average molecular weight is 933 g/mol. The predicted octanol–water partition coefficient (Wildman–Crippen LogP) is 18.4. The Bertz CT molecular complexity index is 1000. The van der Waals surface area contributed by atoms with E-state index in [-0.39, 0.29) is 23.8 Å². The molecule has 0 aromatic rings. The number of esters is 2. The zero-order chi connectivity index (χ0) is 48.1. The van der Waals surface area contributed by atoms with Crippen LogP contribution in [-0.2, 0) is 19.1 Å². The summed E-state index contributed by atoms with van der Waals surface area (Å²) in [5, 5.41) is 9.35. The molecule has 1 N–H and O–H groups in total. The van der Waals surface area contributed by atoms with E-state index < -0.39 is 0 Å². The highest BCUT2D eigenvalue weighted by Gasteiger charge is 2.20. The molecule has 0 aliphatic heterocycles. The smallest absolute Gasteiger partial charge is 0.308 e. The normalized spacial score (nSPS) is 12.7. The third kappa shape index (κ3) is 46.3. The number of hydrogen-bond donors (Lipinski definition) is 1. The van der Waals surface area contributed by atoms with Crippen LogP contribution >= 0.6 is 0 Å². The standard InChI is InChI=1S/C60H117NO5/c1-5-9-13-17-31-39-49-57(47-37-15-11-7-3)59(63)65-55-45-35-29-25-21-19-23-27-33-41-51-61(53-43-44-54-62)52-42-34-28-24-20-22-26-30-36-46-56-66-60(64)58(48-38-16-12-8-4)50-40-32-18-14-10-6-2/h7,11,57-58,62H,5-6,8-10,12-56H2,1-4H3/b11-7+. The van der Waals surface area contributed by atoms with Crippen molar-refractivity contribution >= 4 is 11.9 Å². The minimum atomic E-state index is 0.0599. The van der Waals surface area contributed by atoms with Crippen LogP contribution in [0.4, 0.5) is 0 Å². The third-order valence-electron chi connectivity index (χ3n) is 14.2. The van der Waals surface area contributed by atoms with Crippen molar-refractivity contribution in [3.05, 3.63) is 12.2 Å². The van der Waals surface area contributed by atoms with Crippen LogP contribution in [0.2, 0.25) is 0 Å². The van der Waals surface area contributed by atoms with Gasteiger partial charge in [-0.25, -0.2) is 0 Å². The molecule has 0 radical (unpaired) electrons. The second-order valence-corrected chi connectivity index (χ2v) is 20.5. The first kappa shape index (κ1) is 64.6. The molecule has 392 valence electrons. The Kier molecular flexibility index (Phi) is 53.4. The molecule has 0 rings (SSSR count). The number of aliphatic hydroxyl groups excluding tert-OH is 1. The number of allylic oxidation sites excluding steroid dienone is 2. The molecule has 0 aliphatic carbocycles. The summed E-state index contributed by atoms with van der Waals surface area (Å²) in [5.74, 6) is 0.350. The Labute approximate surface area is 413 Å². The van der Waals surface area contributed by atoms with E-state index in [2.05, 4.69) is 44.7 Å². The first-order valence-corrected chi connectivity index (χ1v) is 29.8. The van der Waals surface area contributed by atoms with E-state index in [1.165, 1.54) is 225 Å². The number of carbonyl (C=O) groups is 2. The van der Waals surface area contributed by atoms with Crippen LogP contribution in [0.25, 0.3) is 0 Å². The lowest BCUT2D eigenvalue weighted by atomic mass is 9.94. The molecule has 0 saturated carbocycles. The van der Waals surface area contributed by atoms with Gasteiger partial charge >= 0.3 is 11.9 Å².